The van der Waals surface area contributed by atoms with Crippen LogP contribution in [-0.2, 0) is 0 Å². The Morgan fingerprint density at radius 2 is 2.24 bits per heavy atom. The van der Waals surface area contributed by atoms with Crippen LogP contribution in [-0.4, -0.2) is 12.6 Å². The van der Waals surface area contributed by atoms with Crippen LogP contribution in [0.3, 0.4) is 0 Å². The zero-order chi connectivity index (χ0) is 12.3. The fourth-order valence-corrected chi connectivity index (χ4v) is 2.17. The summed E-state index contributed by atoms with van der Waals surface area (Å²) in [5.74, 6) is 0.842. The average Bonchev–Trinajstić information content (AvgIpc) is 3.13. The van der Waals surface area contributed by atoms with Crippen molar-refractivity contribution in [3.63, 3.8) is 0 Å². The lowest BCUT2D eigenvalue weighted by atomic mass is 10.0. The highest BCUT2D eigenvalue weighted by molar-refractivity contribution is 5.55. The molecule has 0 heterocycles. The van der Waals surface area contributed by atoms with E-state index in [1.54, 1.807) is 0 Å². The van der Waals surface area contributed by atoms with Crippen molar-refractivity contribution in [1.82, 2.24) is 5.32 Å². The van der Waals surface area contributed by atoms with Crippen molar-refractivity contribution >= 4 is 6.08 Å². The minimum atomic E-state index is 0.463. The molecule has 1 aromatic carbocycles. The van der Waals surface area contributed by atoms with Crippen LogP contribution in [0.1, 0.15) is 50.7 Å². The molecule has 1 fully saturated rings. The van der Waals surface area contributed by atoms with Gasteiger partial charge in [0.1, 0.15) is 0 Å². The van der Waals surface area contributed by atoms with E-state index in [0.717, 1.165) is 12.5 Å². The monoisotopic (exact) mass is 229 g/mol. The first-order chi connectivity index (χ1) is 8.20. The quantitative estimate of drug-likeness (QED) is 0.805. The first kappa shape index (κ1) is 12.4. The molecular formula is C16H23N. The molecule has 1 atom stereocenters. The van der Waals surface area contributed by atoms with Crippen LogP contribution in [0.4, 0.5) is 0 Å². The molecule has 0 saturated heterocycles. The van der Waals surface area contributed by atoms with Crippen molar-refractivity contribution in [2.75, 3.05) is 6.54 Å². The first-order valence-electron chi connectivity index (χ1n) is 6.72. The molecule has 17 heavy (non-hydrogen) atoms. The van der Waals surface area contributed by atoms with E-state index in [1.807, 2.05) is 0 Å². The molecule has 1 unspecified atom stereocenters. The predicted octanol–water partition coefficient (Wildman–Crippen LogP) is 3.97. The maximum Gasteiger partial charge on any atom is 0.0251 e. The van der Waals surface area contributed by atoms with Crippen LogP contribution in [0.25, 0.3) is 6.08 Å². The van der Waals surface area contributed by atoms with Gasteiger partial charge in [-0.3, -0.25) is 0 Å². The Balaban J connectivity index is 2.10. The third kappa shape index (κ3) is 3.44. The second kappa shape index (κ2) is 5.50. The molecule has 2 rings (SSSR count). The molecule has 1 N–H and O–H groups in total. The van der Waals surface area contributed by atoms with Gasteiger partial charge in [-0.25, -0.2) is 0 Å². The van der Waals surface area contributed by atoms with Gasteiger partial charge in [-0.15, -0.1) is 0 Å². The summed E-state index contributed by atoms with van der Waals surface area (Å²) in [6, 6.07) is 9.46. The van der Waals surface area contributed by atoms with Crippen molar-refractivity contribution in [3.05, 3.63) is 41.0 Å². The first-order valence-corrected chi connectivity index (χ1v) is 6.72. The topological polar surface area (TPSA) is 12.0 Å². The van der Waals surface area contributed by atoms with E-state index in [-0.39, 0.29) is 0 Å². The molecule has 0 aromatic heterocycles. The molecule has 0 aliphatic heterocycles. The highest BCUT2D eigenvalue weighted by Crippen LogP contribution is 2.40. The highest BCUT2D eigenvalue weighted by Gasteiger charge is 2.23. The second-order valence-corrected chi connectivity index (χ2v) is 5.11. The van der Waals surface area contributed by atoms with E-state index in [2.05, 4.69) is 56.4 Å². The van der Waals surface area contributed by atoms with Crippen LogP contribution in [0.15, 0.2) is 29.8 Å². The van der Waals surface area contributed by atoms with E-state index in [0.29, 0.717) is 6.04 Å². The number of likely N-dealkylation sites (N-methyl/N-ethyl adjacent to an activating group) is 1. The van der Waals surface area contributed by atoms with E-state index in [1.165, 1.54) is 29.5 Å². The summed E-state index contributed by atoms with van der Waals surface area (Å²) in [6.07, 6.45) is 5.05. The van der Waals surface area contributed by atoms with E-state index in [4.69, 9.17) is 0 Å². The van der Waals surface area contributed by atoms with Crippen LogP contribution in [0, 0.1) is 0 Å². The van der Waals surface area contributed by atoms with Gasteiger partial charge in [0, 0.05) is 6.04 Å². The Kier molecular flexibility index (Phi) is 4.01. The van der Waals surface area contributed by atoms with Crippen LogP contribution >= 0.6 is 0 Å². The smallest absolute Gasteiger partial charge is 0.0251 e. The predicted molar refractivity (Wildman–Crippen MR) is 75.2 cm³/mol. The van der Waals surface area contributed by atoms with Crippen LogP contribution in [0.5, 0.6) is 0 Å². The van der Waals surface area contributed by atoms with Gasteiger partial charge >= 0.3 is 0 Å². The Morgan fingerprint density at radius 1 is 1.47 bits per heavy atom. The summed E-state index contributed by atoms with van der Waals surface area (Å²) >= 11 is 0. The molecule has 0 amide bonds. The Labute approximate surface area is 105 Å². The van der Waals surface area contributed by atoms with Crippen molar-refractivity contribution < 1.29 is 0 Å². The summed E-state index contributed by atoms with van der Waals surface area (Å²) in [6.45, 7) is 7.60. The molecule has 1 aliphatic rings. The van der Waals surface area contributed by atoms with Crippen molar-refractivity contribution in [2.24, 2.45) is 0 Å². The lowest BCUT2D eigenvalue weighted by Gasteiger charge is -2.13. The van der Waals surface area contributed by atoms with E-state index >= 15 is 0 Å². The lowest BCUT2D eigenvalue weighted by Crippen LogP contribution is -2.26. The Morgan fingerprint density at radius 3 is 2.88 bits per heavy atom. The number of hydrogen-bond donors (Lipinski definition) is 1. The fourth-order valence-electron chi connectivity index (χ4n) is 2.17. The maximum atomic E-state index is 3.45. The van der Waals surface area contributed by atoms with Gasteiger partial charge in [0.25, 0.3) is 0 Å². The van der Waals surface area contributed by atoms with E-state index in [9.17, 15) is 0 Å². The van der Waals surface area contributed by atoms with Crippen molar-refractivity contribution in [1.29, 1.82) is 0 Å². The van der Waals surface area contributed by atoms with Gasteiger partial charge < -0.3 is 5.32 Å². The van der Waals surface area contributed by atoms with Gasteiger partial charge in [-0.2, -0.15) is 0 Å². The molecular weight excluding hydrogens is 206 g/mol. The summed E-state index contributed by atoms with van der Waals surface area (Å²) in [4.78, 5) is 0. The second-order valence-electron chi connectivity index (χ2n) is 5.11. The zero-order valence-electron chi connectivity index (χ0n) is 11.2. The van der Waals surface area contributed by atoms with E-state index < -0.39 is 0 Å². The van der Waals surface area contributed by atoms with Crippen LogP contribution in [0.2, 0.25) is 0 Å². The third-order valence-corrected chi connectivity index (χ3v) is 3.55. The molecule has 0 spiro atoms. The summed E-state index contributed by atoms with van der Waals surface area (Å²) in [5, 5.41) is 3.45. The molecule has 1 nitrogen and oxygen atoms in total. The van der Waals surface area contributed by atoms with Gasteiger partial charge in [0.2, 0.25) is 0 Å². The SMILES string of the molecule is CCNC(C)/C(C)=C/c1cccc(C2CC2)c1. The van der Waals surface area contributed by atoms with Gasteiger partial charge in [0.15, 0.2) is 0 Å². The molecule has 1 saturated carbocycles. The fraction of sp³-hybridized carbons (Fsp3) is 0.500. The largest absolute Gasteiger partial charge is 0.311 e. The number of benzene rings is 1. The molecule has 0 radical (unpaired) electrons. The molecule has 0 bridgehead atoms. The number of nitrogens with one attached hydrogen (secondary N) is 1. The Bertz CT molecular complexity index is 402. The number of rotatable bonds is 5. The van der Waals surface area contributed by atoms with Gasteiger partial charge in [-0.05, 0) is 50.3 Å². The molecule has 1 aromatic rings. The summed E-state index contributed by atoms with van der Waals surface area (Å²) in [7, 11) is 0. The van der Waals surface area contributed by atoms with Crippen LogP contribution < -0.4 is 5.32 Å². The minimum Gasteiger partial charge on any atom is -0.311 e. The molecule has 1 aliphatic carbocycles. The minimum absolute atomic E-state index is 0.463. The normalized spacial score (nSPS) is 18.2. The molecule has 1 heteroatoms. The van der Waals surface area contributed by atoms with Crippen molar-refractivity contribution in [2.45, 2.75) is 45.6 Å². The molecule has 92 valence electrons. The number of hydrogen-bond acceptors (Lipinski definition) is 1. The summed E-state index contributed by atoms with van der Waals surface area (Å²) in [5.41, 5.74) is 4.26. The third-order valence-electron chi connectivity index (χ3n) is 3.55. The van der Waals surface area contributed by atoms with Crippen molar-refractivity contribution in [3.8, 4) is 0 Å². The summed E-state index contributed by atoms with van der Waals surface area (Å²) < 4.78 is 0. The van der Waals surface area contributed by atoms with Gasteiger partial charge in [0.05, 0.1) is 0 Å². The average molecular weight is 229 g/mol. The zero-order valence-corrected chi connectivity index (χ0v) is 11.2. The maximum absolute atomic E-state index is 3.45. The highest BCUT2D eigenvalue weighted by atomic mass is 14.9. The standard InChI is InChI=1S/C16H23N/c1-4-17-13(3)12(2)10-14-6-5-7-16(11-14)15-8-9-15/h5-7,10-11,13,15,17H,4,8-9H2,1-3H3/b12-10+. The lowest BCUT2D eigenvalue weighted by molar-refractivity contribution is 0.636. The van der Waals surface area contributed by atoms with Gasteiger partial charge in [-0.1, -0.05) is 42.8 Å². The Hall–Kier alpha value is -1.08.